The van der Waals surface area contributed by atoms with Crippen LogP contribution in [-0.4, -0.2) is 30.5 Å². The molecule has 0 aromatic carbocycles. The molecule has 8 heteroatoms. The van der Waals surface area contributed by atoms with Crippen molar-refractivity contribution >= 4 is 27.7 Å². The number of aryl methyl sites for hydroxylation is 2. The highest BCUT2D eigenvalue weighted by atomic mass is 79.9. The third kappa shape index (κ3) is 3.21. The first-order chi connectivity index (χ1) is 11.1. The van der Waals surface area contributed by atoms with Gasteiger partial charge in [-0.1, -0.05) is 0 Å². The number of fused-ring (bicyclic) bond motifs is 1. The van der Waals surface area contributed by atoms with Crippen LogP contribution in [0.1, 0.15) is 23.4 Å². The van der Waals surface area contributed by atoms with Crippen LogP contribution in [0, 0.1) is 13.8 Å². The first-order valence-corrected chi connectivity index (χ1v) is 7.82. The van der Waals surface area contributed by atoms with Gasteiger partial charge in [0, 0.05) is 17.6 Å². The van der Waals surface area contributed by atoms with E-state index in [1.54, 1.807) is 22.8 Å². The van der Waals surface area contributed by atoms with Crippen LogP contribution in [0.2, 0.25) is 0 Å². The monoisotopic (exact) mass is 375 g/mol. The Bertz CT molecular complexity index is 877. The van der Waals surface area contributed by atoms with Crippen LogP contribution < -0.4 is 4.74 Å². The number of nitrogens with zero attached hydrogens (tertiary/aromatic N) is 5. The SMILES string of the molecule is Cc1nc2ncnn2c(C)c1CCC(=O)Oc1cccnc1Br. The molecule has 0 spiro atoms. The molecule has 0 saturated carbocycles. The smallest absolute Gasteiger partial charge is 0.311 e. The van der Waals surface area contributed by atoms with Crippen molar-refractivity contribution in [3.8, 4) is 5.75 Å². The largest absolute Gasteiger partial charge is 0.424 e. The van der Waals surface area contributed by atoms with Gasteiger partial charge in [-0.3, -0.25) is 4.79 Å². The summed E-state index contributed by atoms with van der Waals surface area (Å²) in [6.45, 7) is 3.84. The lowest BCUT2D eigenvalue weighted by Gasteiger charge is -2.10. The lowest BCUT2D eigenvalue weighted by Crippen LogP contribution is -2.12. The summed E-state index contributed by atoms with van der Waals surface area (Å²) in [6.07, 6.45) is 3.85. The molecule has 0 bridgehead atoms. The van der Waals surface area contributed by atoms with E-state index in [1.165, 1.54) is 6.33 Å². The average Bonchev–Trinajstić information content (AvgIpc) is 2.98. The predicted octanol–water partition coefficient (Wildman–Crippen LogP) is 2.44. The van der Waals surface area contributed by atoms with Gasteiger partial charge >= 0.3 is 5.97 Å². The summed E-state index contributed by atoms with van der Waals surface area (Å²) in [5.41, 5.74) is 2.75. The minimum Gasteiger partial charge on any atom is -0.424 e. The van der Waals surface area contributed by atoms with E-state index in [2.05, 4.69) is 36.0 Å². The highest BCUT2D eigenvalue weighted by Crippen LogP contribution is 2.22. The van der Waals surface area contributed by atoms with E-state index in [1.807, 2.05) is 13.8 Å². The number of hydrogen-bond acceptors (Lipinski definition) is 6. The van der Waals surface area contributed by atoms with Gasteiger partial charge in [-0.25, -0.2) is 14.5 Å². The Labute approximate surface area is 140 Å². The fraction of sp³-hybridized carbons (Fsp3) is 0.267. The number of ether oxygens (including phenoxy) is 1. The van der Waals surface area contributed by atoms with Gasteiger partial charge in [0.1, 0.15) is 10.9 Å². The highest BCUT2D eigenvalue weighted by molar-refractivity contribution is 9.10. The molecule has 0 aliphatic rings. The quantitative estimate of drug-likeness (QED) is 0.514. The second kappa shape index (κ2) is 6.41. The van der Waals surface area contributed by atoms with Crippen LogP contribution in [0.25, 0.3) is 5.78 Å². The Morgan fingerprint density at radius 2 is 2.17 bits per heavy atom. The van der Waals surface area contributed by atoms with Crippen molar-refractivity contribution in [1.82, 2.24) is 24.6 Å². The zero-order valence-electron chi connectivity index (χ0n) is 12.7. The molecule has 0 amide bonds. The molecule has 0 saturated heterocycles. The van der Waals surface area contributed by atoms with Crippen molar-refractivity contribution in [2.24, 2.45) is 0 Å². The van der Waals surface area contributed by atoms with Gasteiger partial charge in [0.15, 0.2) is 5.75 Å². The maximum atomic E-state index is 12.0. The summed E-state index contributed by atoms with van der Waals surface area (Å²) in [5.74, 6) is 0.651. The number of halogens is 1. The van der Waals surface area contributed by atoms with Gasteiger partial charge in [-0.05, 0) is 53.9 Å². The van der Waals surface area contributed by atoms with Crippen molar-refractivity contribution in [2.45, 2.75) is 26.7 Å². The Morgan fingerprint density at radius 1 is 1.35 bits per heavy atom. The van der Waals surface area contributed by atoms with Crippen LogP contribution in [0.3, 0.4) is 0 Å². The molecule has 0 aliphatic heterocycles. The molecule has 0 atom stereocenters. The van der Waals surface area contributed by atoms with Crippen LogP contribution in [0.5, 0.6) is 5.75 Å². The number of hydrogen-bond donors (Lipinski definition) is 0. The Kier molecular flexibility index (Phi) is 4.33. The van der Waals surface area contributed by atoms with E-state index in [9.17, 15) is 4.79 Å². The normalized spacial score (nSPS) is 10.9. The molecule has 3 aromatic heterocycles. The lowest BCUT2D eigenvalue weighted by molar-refractivity contribution is -0.134. The van der Waals surface area contributed by atoms with E-state index < -0.39 is 0 Å². The highest BCUT2D eigenvalue weighted by Gasteiger charge is 2.14. The molecule has 3 rings (SSSR count). The van der Waals surface area contributed by atoms with Crippen LogP contribution in [0.15, 0.2) is 29.3 Å². The minimum atomic E-state index is -0.323. The van der Waals surface area contributed by atoms with Gasteiger partial charge in [0.2, 0.25) is 0 Å². The standard InChI is InChI=1S/C15H14BrN5O2/c1-9-11(10(2)21-15(20-9)18-8-19-21)5-6-13(22)23-12-4-3-7-17-14(12)16/h3-4,7-8H,5-6H2,1-2H3. The molecule has 3 aromatic rings. The predicted molar refractivity (Wildman–Crippen MR) is 86.1 cm³/mol. The third-order valence-corrected chi connectivity index (χ3v) is 4.11. The molecule has 0 aliphatic carbocycles. The average molecular weight is 376 g/mol. The minimum absolute atomic E-state index is 0.241. The number of pyridine rings is 1. The number of rotatable bonds is 4. The molecule has 7 nitrogen and oxygen atoms in total. The first-order valence-electron chi connectivity index (χ1n) is 7.03. The van der Waals surface area contributed by atoms with E-state index >= 15 is 0 Å². The van der Waals surface area contributed by atoms with Gasteiger partial charge < -0.3 is 4.74 Å². The van der Waals surface area contributed by atoms with Crippen LogP contribution >= 0.6 is 15.9 Å². The summed E-state index contributed by atoms with van der Waals surface area (Å²) in [6, 6.07) is 3.40. The van der Waals surface area contributed by atoms with Gasteiger partial charge in [0.05, 0.1) is 6.42 Å². The molecule has 118 valence electrons. The Hall–Kier alpha value is -2.35. The van der Waals surface area contributed by atoms with Gasteiger partial charge in [0.25, 0.3) is 5.78 Å². The summed E-state index contributed by atoms with van der Waals surface area (Å²) in [5, 5.41) is 4.14. The van der Waals surface area contributed by atoms with Crippen molar-refractivity contribution in [3.63, 3.8) is 0 Å². The zero-order valence-corrected chi connectivity index (χ0v) is 14.2. The van der Waals surface area contributed by atoms with Crippen molar-refractivity contribution in [3.05, 3.63) is 46.2 Å². The third-order valence-electron chi connectivity index (χ3n) is 3.52. The van der Waals surface area contributed by atoms with Crippen molar-refractivity contribution in [1.29, 1.82) is 0 Å². The number of carbonyl (C=O) groups is 1. The van der Waals surface area contributed by atoms with Crippen molar-refractivity contribution < 1.29 is 9.53 Å². The second-order valence-electron chi connectivity index (χ2n) is 5.00. The zero-order chi connectivity index (χ0) is 16.4. The van der Waals surface area contributed by atoms with Crippen LogP contribution in [-0.2, 0) is 11.2 Å². The fourth-order valence-corrected chi connectivity index (χ4v) is 2.70. The first kappa shape index (κ1) is 15.5. The Balaban J connectivity index is 1.73. The molecular formula is C15H14BrN5O2. The van der Waals surface area contributed by atoms with Crippen LogP contribution in [0.4, 0.5) is 0 Å². The molecule has 23 heavy (non-hydrogen) atoms. The summed E-state index contributed by atoms with van der Waals surface area (Å²) in [4.78, 5) is 24.5. The summed E-state index contributed by atoms with van der Waals surface area (Å²) in [7, 11) is 0. The molecule has 0 fully saturated rings. The number of carbonyl (C=O) groups excluding carboxylic acids is 1. The van der Waals surface area contributed by atoms with E-state index in [4.69, 9.17) is 4.74 Å². The summed E-state index contributed by atoms with van der Waals surface area (Å²) < 4.78 is 7.49. The molecular weight excluding hydrogens is 362 g/mol. The van der Waals surface area contributed by atoms with E-state index in [-0.39, 0.29) is 12.4 Å². The molecule has 3 heterocycles. The Morgan fingerprint density at radius 3 is 2.96 bits per heavy atom. The van der Waals surface area contributed by atoms with Gasteiger partial charge in [-0.15, -0.1) is 0 Å². The van der Waals surface area contributed by atoms with Crippen molar-refractivity contribution in [2.75, 3.05) is 0 Å². The van der Waals surface area contributed by atoms with E-state index in [0.717, 1.165) is 17.0 Å². The summed E-state index contributed by atoms with van der Waals surface area (Å²) >= 11 is 3.25. The maximum absolute atomic E-state index is 12.0. The topological polar surface area (TPSA) is 82.3 Å². The molecule has 0 unspecified atom stereocenters. The second-order valence-corrected chi connectivity index (χ2v) is 5.75. The molecule has 0 N–H and O–H groups in total. The maximum Gasteiger partial charge on any atom is 0.311 e. The van der Waals surface area contributed by atoms with Gasteiger partial charge in [-0.2, -0.15) is 10.1 Å². The molecule has 0 radical (unpaired) electrons. The van der Waals surface area contributed by atoms with E-state index in [0.29, 0.717) is 22.6 Å². The fourth-order valence-electron chi connectivity index (χ4n) is 2.37. The number of esters is 1. The lowest BCUT2D eigenvalue weighted by atomic mass is 10.1. The number of aromatic nitrogens is 5.